The third-order valence-corrected chi connectivity index (χ3v) is 6.28. The maximum absolute atomic E-state index is 13.1. The molecule has 3 aromatic heterocycles. The Bertz CT molecular complexity index is 1510. The highest BCUT2D eigenvalue weighted by Crippen LogP contribution is 2.33. The van der Waals surface area contributed by atoms with Gasteiger partial charge in [0.05, 0.1) is 30.4 Å². The van der Waals surface area contributed by atoms with E-state index >= 15 is 0 Å². The molecule has 0 bridgehead atoms. The van der Waals surface area contributed by atoms with Gasteiger partial charge < -0.3 is 29.4 Å². The predicted octanol–water partition coefficient (Wildman–Crippen LogP) is 0.511. The summed E-state index contributed by atoms with van der Waals surface area (Å²) in [5, 5.41) is 29.3. The molecule has 0 fully saturated rings. The van der Waals surface area contributed by atoms with Crippen molar-refractivity contribution in [1.82, 2.24) is 23.7 Å². The standard InChI is InChI=1S/C25H34N6O9/c1-14(33)8-6-7-9-31-23(36)20-22(29(5)24(31)37)27-13-30(20)11-18(34)39-16(3)40-25(38)28(4)19-17(12-32)10-26-15(2)21(19)35/h10,13-14,16,32-33,35H,6-9,11-12H2,1-5H3/t14-,16?/m0/s1. The van der Waals surface area contributed by atoms with Crippen LogP contribution in [0.2, 0.25) is 0 Å². The first-order valence-electron chi connectivity index (χ1n) is 12.6. The third kappa shape index (κ3) is 6.48. The Hall–Kier alpha value is -4.24. The number of hydrogen-bond acceptors (Lipinski definition) is 11. The van der Waals surface area contributed by atoms with Crippen molar-refractivity contribution in [2.75, 3.05) is 11.9 Å². The molecule has 1 unspecified atom stereocenters. The van der Waals surface area contributed by atoms with Gasteiger partial charge in [-0.25, -0.2) is 14.6 Å². The second kappa shape index (κ2) is 12.7. The molecule has 0 saturated heterocycles. The van der Waals surface area contributed by atoms with E-state index < -0.39 is 48.9 Å². The second-order valence-corrected chi connectivity index (χ2v) is 9.41. The smallest absolute Gasteiger partial charge is 0.417 e. The van der Waals surface area contributed by atoms with Gasteiger partial charge in [0.2, 0.25) is 6.29 Å². The number of nitrogens with zero attached hydrogens (tertiary/aromatic N) is 6. The van der Waals surface area contributed by atoms with E-state index in [0.717, 1.165) is 9.47 Å². The maximum atomic E-state index is 13.1. The van der Waals surface area contributed by atoms with Crippen LogP contribution in [0.1, 0.15) is 44.4 Å². The van der Waals surface area contributed by atoms with E-state index in [1.807, 2.05) is 0 Å². The molecule has 3 aromatic rings. The molecule has 218 valence electrons. The number of aliphatic hydroxyl groups excluding tert-OH is 2. The number of fused-ring (bicyclic) bond motifs is 1. The van der Waals surface area contributed by atoms with Gasteiger partial charge in [0.1, 0.15) is 6.54 Å². The van der Waals surface area contributed by atoms with Crippen molar-refractivity contribution >= 4 is 28.9 Å². The Morgan fingerprint density at radius 1 is 1.15 bits per heavy atom. The average molecular weight is 563 g/mol. The number of aromatic hydroxyl groups is 1. The number of ether oxygens (including phenoxy) is 2. The summed E-state index contributed by atoms with van der Waals surface area (Å²) < 4.78 is 13.9. The zero-order chi connectivity index (χ0) is 29.7. The van der Waals surface area contributed by atoms with Crippen LogP contribution in [0.3, 0.4) is 0 Å². The molecule has 1 amide bonds. The molecule has 15 nitrogen and oxygen atoms in total. The molecule has 15 heteroatoms. The van der Waals surface area contributed by atoms with Crippen molar-refractivity contribution in [3.63, 3.8) is 0 Å². The van der Waals surface area contributed by atoms with E-state index in [1.54, 1.807) is 6.92 Å². The van der Waals surface area contributed by atoms with Crippen molar-refractivity contribution in [2.24, 2.45) is 7.05 Å². The lowest BCUT2D eigenvalue weighted by Gasteiger charge is -2.23. The quantitative estimate of drug-likeness (QED) is 0.168. The summed E-state index contributed by atoms with van der Waals surface area (Å²) in [6.45, 7) is 3.68. The van der Waals surface area contributed by atoms with Crippen LogP contribution < -0.4 is 16.1 Å². The van der Waals surface area contributed by atoms with Gasteiger partial charge in [-0.2, -0.15) is 0 Å². The maximum Gasteiger partial charge on any atom is 0.417 e. The molecule has 0 aliphatic rings. The van der Waals surface area contributed by atoms with Gasteiger partial charge >= 0.3 is 17.8 Å². The third-order valence-electron chi connectivity index (χ3n) is 6.28. The van der Waals surface area contributed by atoms with Crippen LogP contribution >= 0.6 is 0 Å². The molecule has 40 heavy (non-hydrogen) atoms. The lowest BCUT2D eigenvalue weighted by atomic mass is 10.2. The van der Waals surface area contributed by atoms with Crippen LogP contribution in [0.15, 0.2) is 22.1 Å². The zero-order valence-corrected chi connectivity index (χ0v) is 23.0. The Morgan fingerprint density at radius 2 is 1.85 bits per heavy atom. The number of carbonyl (C=O) groups excluding carboxylic acids is 2. The van der Waals surface area contributed by atoms with Gasteiger partial charge in [0.15, 0.2) is 16.9 Å². The highest BCUT2D eigenvalue weighted by molar-refractivity contribution is 5.90. The first kappa shape index (κ1) is 30.3. The summed E-state index contributed by atoms with van der Waals surface area (Å²) in [5.41, 5.74) is -0.635. The van der Waals surface area contributed by atoms with E-state index in [9.17, 15) is 34.5 Å². The summed E-state index contributed by atoms with van der Waals surface area (Å²) in [4.78, 5) is 60.1. The predicted molar refractivity (Wildman–Crippen MR) is 142 cm³/mol. The van der Waals surface area contributed by atoms with Gasteiger partial charge in [0.25, 0.3) is 5.56 Å². The average Bonchev–Trinajstić information content (AvgIpc) is 3.31. The second-order valence-electron chi connectivity index (χ2n) is 9.41. The summed E-state index contributed by atoms with van der Waals surface area (Å²) >= 11 is 0. The van der Waals surface area contributed by atoms with Crippen molar-refractivity contribution < 1.29 is 34.4 Å². The Labute approximate surface area is 228 Å². The minimum Gasteiger partial charge on any atom is -0.504 e. The fourth-order valence-electron chi connectivity index (χ4n) is 4.16. The van der Waals surface area contributed by atoms with Crippen molar-refractivity contribution in [2.45, 2.75) is 72.1 Å². The number of aryl methyl sites for hydroxylation is 2. The number of anilines is 1. The molecule has 0 saturated carbocycles. The number of carbonyl (C=O) groups is 2. The highest BCUT2D eigenvalue weighted by atomic mass is 16.7. The summed E-state index contributed by atoms with van der Waals surface area (Å²) in [5.74, 6) is -1.16. The van der Waals surface area contributed by atoms with E-state index in [1.165, 1.54) is 49.6 Å². The molecule has 0 aliphatic heterocycles. The fraction of sp³-hybridized carbons (Fsp3) is 0.520. The van der Waals surface area contributed by atoms with Crippen LogP contribution in [0.4, 0.5) is 10.5 Å². The minimum absolute atomic E-state index is 0.00354. The molecule has 0 aromatic carbocycles. The number of unbranched alkanes of at least 4 members (excludes halogenated alkanes) is 1. The topological polar surface area (TPSA) is 191 Å². The number of aliphatic hydroxyl groups is 2. The zero-order valence-electron chi connectivity index (χ0n) is 23.0. The largest absolute Gasteiger partial charge is 0.504 e. The molecule has 0 aliphatic carbocycles. The van der Waals surface area contributed by atoms with Crippen molar-refractivity contribution in [1.29, 1.82) is 0 Å². The monoisotopic (exact) mass is 562 g/mol. The van der Waals surface area contributed by atoms with Gasteiger partial charge in [-0.3, -0.25) is 28.6 Å². The molecule has 3 heterocycles. The van der Waals surface area contributed by atoms with Crippen LogP contribution in [0.25, 0.3) is 11.2 Å². The van der Waals surface area contributed by atoms with Gasteiger partial charge in [-0.1, -0.05) is 0 Å². The SMILES string of the molecule is Cc1ncc(CO)c(N(C)C(=O)OC(C)OC(=O)Cn2cnc3c2c(=O)n(CCCC[C@H](C)O)c(=O)n3C)c1O. The first-order valence-corrected chi connectivity index (χ1v) is 12.6. The fourth-order valence-corrected chi connectivity index (χ4v) is 4.16. The summed E-state index contributed by atoms with van der Waals surface area (Å²) in [6, 6.07) is 0. The minimum atomic E-state index is -1.35. The molecular weight excluding hydrogens is 528 g/mol. The highest BCUT2D eigenvalue weighted by Gasteiger charge is 2.25. The molecule has 3 N–H and O–H groups in total. The van der Waals surface area contributed by atoms with E-state index in [-0.39, 0.29) is 40.4 Å². The Morgan fingerprint density at radius 3 is 2.50 bits per heavy atom. The van der Waals surface area contributed by atoms with Gasteiger partial charge in [-0.15, -0.1) is 0 Å². The van der Waals surface area contributed by atoms with Crippen molar-refractivity contribution in [3.8, 4) is 5.75 Å². The number of hydrogen-bond donors (Lipinski definition) is 3. The first-order chi connectivity index (χ1) is 18.9. The molecule has 0 spiro atoms. The number of rotatable bonds is 11. The van der Waals surface area contributed by atoms with Crippen LogP contribution in [0.5, 0.6) is 5.75 Å². The number of pyridine rings is 1. The Balaban J connectivity index is 1.72. The summed E-state index contributed by atoms with van der Waals surface area (Å²) in [7, 11) is 2.77. The normalized spacial score (nSPS) is 12.8. The van der Waals surface area contributed by atoms with E-state index in [0.29, 0.717) is 19.3 Å². The van der Waals surface area contributed by atoms with Crippen molar-refractivity contribution in [3.05, 3.63) is 44.6 Å². The summed E-state index contributed by atoms with van der Waals surface area (Å²) in [6.07, 6.45) is 1.38. The molecule has 2 atom stereocenters. The number of imidazole rings is 1. The van der Waals surface area contributed by atoms with Gasteiger partial charge in [-0.05, 0) is 33.1 Å². The van der Waals surface area contributed by atoms with E-state index in [2.05, 4.69) is 9.97 Å². The number of aromatic nitrogens is 5. The molecular formula is C25H34N6O9. The molecule has 0 radical (unpaired) electrons. The van der Waals surface area contributed by atoms with E-state index in [4.69, 9.17) is 9.47 Å². The Kier molecular flexibility index (Phi) is 9.65. The van der Waals surface area contributed by atoms with Crippen LogP contribution in [-0.4, -0.2) is 70.5 Å². The van der Waals surface area contributed by atoms with Crippen LogP contribution in [0, 0.1) is 6.92 Å². The lowest BCUT2D eigenvalue weighted by Crippen LogP contribution is -2.40. The lowest BCUT2D eigenvalue weighted by molar-refractivity contribution is -0.165. The molecule has 3 rings (SSSR count). The van der Waals surface area contributed by atoms with Crippen LogP contribution in [-0.2, 0) is 41.0 Å². The van der Waals surface area contributed by atoms with Gasteiger partial charge in [0, 0.05) is 39.3 Å². The number of amides is 1. The number of esters is 1.